The number of rotatable bonds is 5. The van der Waals surface area contributed by atoms with Crippen LogP contribution < -0.4 is 5.73 Å². The lowest BCUT2D eigenvalue weighted by atomic mass is 10.0. The normalized spacial score (nSPS) is 17.0. The highest BCUT2D eigenvalue weighted by Gasteiger charge is 2.31. The monoisotopic (exact) mass is 369 g/mol. The van der Waals surface area contributed by atoms with Gasteiger partial charge in [0.2, 0.25) is 5.91 Å². The minimum atomic E-state index is -1.02. The Morgan fingerprint density at radius 2 is 2.08 bits per heavy atom. The SMILES string of the molecule is NC(=O)[C@@H]1CCCCN1C(=O)COC(=O)c1ccc(Cl)cc1[N+](=O)[O-]. The standard InChI is InChI=1S/C15H16ClN3O6/c16-9-4-5-10(12(7-9)19(23)24)15(22)25-8-13(20)18-6-2-1-3-11(18)14(17)21/h4-5,7,11H,1-3,6,8H2,(H2,17,21)/t11-/m0/s1. The van der Waals surface area contributed by atoms with E-state index in [4.69, 9.17) is 22.1 Å². The van der Waals surface area contributed by atoms with E-state index in [-0.39, 0.29) is 10.6 Å². The van der Waals surface area contributed by atoms with Crippen LogP contribution in [0, 0.1) is 10.1 Å². The molecule has 0 aromatic heterocycles. The Labute approximate surface area is 147 Å². The summed E-state index contributed by atoms with van der Waals surface area (Å²) in [4.78, 5) is 47.2. The summed E-state index contributed by atoms with van der Waals surface area (Å²) in [5.74, 6) is -2.22. The number of halogens is 1. The molecule has 10 heteroatoms. The van der Waals surface area contributed by atoms with E-state index in [9.17, 15) is 24.5 Å². The Bertz CT molecular complexity index is 723. The first-order valence-corrected chi connectivity index (χ1v) is 7.89. The van der Waals surface area contributed by atoms with Gasteiger partial charge in [-0.15, -0.1) is 0 Å². The number of nitrogens with two attached hydrogens (primary N) is 1. The van der Waals surface area contributed by atoms with Crippen LogP contribution in [0.15, 0.2) is 18.2 Å². The molecule has 2 amide bonds. The maximum Gasteiger partial charge on any atom is 0.345 e. The predicted molar refractivity (Wildman–Crippen MR) is 86.9 cm³/mol. The molecule has 0 saturated carbocycles. The number of hydrogen-bond donors (Lipinski definition) is 1. The van der Waals surface area contributed by atoms with Gasteiger partial charge < -0.3 is 15.4 Å². The number of nitro benzene ring substituents is 1. The summed E-state index contributed by atoms with van der Waals surface area (Å²) in [6, 6.07) is 2.75. The highest BCUT2D eigenvalue weighted by atomic mass is 35.5. The second kappa shape index (κ2) is 7.93. The summed E-state index contributed by atoms with van der Waals surface area (Å²) in [5, 5.41) is 11.1. The summed E-state index contributed by atoms with van der Waals surface area (Å²) in [6.07, 6.45) is 1.94. The van der Waals surface area contributed by atoms with Crippen molar-refractivity contribution < 1.29 is 24.0 Å². The summed E-state index contributed by atoms with van der Waals surface area (Å²) in [5.41, 5.74) is 4.45. The van der Waals surface area contributed by atoms with Gasteiger partial charge in [-0.25, -0.2) is 4.79 Å². The molecule has 1 heterocycles. The predicted octanol–water partition coefficient (Wildman–Crippen LogP) is 1.27. The molecule has 1 aliphatic rings. The zero-order chi connectivity index (χ0) is 18.6. The molecular weight excluding hydrogens is 354 g/mol. The number of primary amides is 1. The van der Waals surface area contributed by atoms with Gasteiger partial charge in [-0.1, -0.05) is 11.6 Å². The van der Waals surface area contributed by atoms with E-state index in [1.807, 2.05) is 0 Å². The molecule has 1 saturated heterocycles. The van der Waals surface area contributed by atoms with E-state index in [1.54, 1.807) is 0 Å². The Morgan fingerprint density at radius 3 is 2.72 bits per heavy atom. The maximum atomic E-state index is 12.2. The van der Waals surface area contributed by atoms with Gasteiger partial charge in [-0.2, -0.15) is 0 Å². The minimum absolute atomic E-state index is 0.0944. The number of piperidine rings is 1. The zero-order valence-electron chi connectivity index (χ0n) is 13.1. The minimum Gasteiger partial charge on any atom is -0.452 e. The highest BCUT2D eigenvalue weighted by molar-refractivity contribution is 6.31. The van der Waals surface area contributed by atoms with E-state index in [1.165, 1.54) is 11.0 Å². The lowest BCUT2D eigenvalue weighted by Crippen LogP contribution is -2.51. The van der Waals surface area contributed by atoms with Crippen molar-refractivity contribution >= 4 is 35.1 Å². The van der Waals surface area contributed by atoms with Gasteiger partial charge in [0.25, 0.3) is 11.6 Å². The Kier molecular flexibility index (Phi) is 5.92. The first kappa shape index (κ1) is 18.7. The van der Waals surface area contributed by atoms with Crippen molar-refractivity contribution in [3.63, 3.8) is 0 Å². The molecular formula is C15H16ClN3O6. The molecule has 1 fully saturated rings. The molecule has 1 aromatic rings. The topological polar surface area (TPSA) is 133 Å². The fraction of sp³-hybridized carbons (Fsp3) is 0.400. The number of ether oxygens (including phenoxy) is 1. The Morgan fingerprint density at radius 1 is 1.36 bits per heavy atom. The van der Waals surface area contributed by atoms with Crippen molar-refractivity contribution in [3.8, 4) is 0 Å². The average Bonchev–Trinajstić information content (AvgIpc) is 2.59. The second-order valence-corrected chi connectivity index (χ2v) is 5.93. The molecule has 0 radical (unpaired) electrons. The van der Waals surface area contributed by atoms with E-state index in [0.717, 1.165) is 18.6 Å². The molecule has 0 aliphatic carbocycles. The molecule has 1 aromatic carbocycles. The lowest BCUT2D eigenvalue weighted by molar-refractivity contribution is -0.385. The number of likely N-dealkylation sites (tertiary alicyclic amines) is 1. The number of hydrogen-bond acceptors (Lipinski definition) is 6. The van der Waals surface area contributed by atoms with Gasteiger partial charge in [0.1, 0.15) is 11.6 Å². The third-order valence-corrected chi connectivity index (χ3v) is 4.09. The van der Waals surface area contributed by atoms with Gasteiger partial charge >= 0.3 is 5.97 Å². The van der Waals surface area contributed by atoms with E-state index in [2.05, 4.69) is 0 Å². The number of carbonyl (C=O) groups excluding carboxylic acids is 3. The van der Waals surface area contributed by atoms with Crippen molar-refractivity contribution in [1.29, 1.82) is 0 Å². The summed E-state index contributed by atoms with van der Waals surface area (Å²) in [7, 11) is 0. The second-order valence-electron chi connectivity index (χ2n) is 5.50. The van der Waals surface area contributed by atoms with E-state index in [0.29, 0.717) is 19.4 Å². The van der Waals surface area contributed by atoms with Crippen LogP contribution in [0.25, 0.3) is 0 Å². The molecule has 2 rings (SSSR count). The van der Waals surface area contributed by atoms with Crippen molar-refractivity contribution in [3.05, 3.63) is 38.9 Å². The molecule has 134 valence electrons. The largest absolute Gasteiger partial charge is 0.452 e. The van der Waals surface area contributed by atoms with Gasteiger partial charge in [-0.05, 0) is 31.4 Å². The number of benzene rings is 1. The van der Waals surface area contributed by atoms with Crippen LogP contribution in [-0.2, 0) is 14.3 Å². The van der Waals surface area contributed by atoms with Crippen LogP contribution >= 0.6 is 11.6 Å². The van der Waals surface area contributed by atoms with Crippen LogP contribution in [0.1, 0.15) is 29.6 Å². The smallest absolute Gasteiger partial charge is 0.345 e. The molecule has 25 heavy (non-hydrogen) atoms. The van der Waals surface area contributed by atoms with E-state index < -0.39 is 41.0 Å². The maximum absolute atomic E-state index is 12.2. The third kappa shape index (κ3) is 4.44. The van der Waals surface area contributed by atoms with Gasteiger partial charge in [0, 0.05) is 17.6 Å². The molecule has 2 N–H and O–H groups in total. The third-order valence-electron chi connectivity index (χ3n) is 3.85. The van der Waals surface area contributed by atoms with Crippen LogP contribution in [0.4, 0.5) is 5.69 Å². The quantitative estimate of drug-likeness (QED) is 0.472. The number of carbonyl (C=O) groups is 3. The van der Waals surface area contributed by atoms with Crippen molar-refractivity contribution in [2.24, 2.45) is 5.73 Å². The highest BCUT2D eigenvalue weighted by Crippen LogP contribution is 2.24. The number of amides is 2. The fourth-order valence-electron chi connectivity index (χ4n) is 2.64. The number of esters is 1. The number of nitrogens with zero attached hydrogens (tertiary/aromatic N) is 2. The average molecular weight is 370 g/mol. The van der Waals surface area contributed by atoms with Crippen LogP contribution in [0.2, 0.25) is 5.02 Å². The molecule has 0 spiro atoms. The lowest BCUT2D eigenvalue weighted by Gasteiger charge is -2.33. The van der Waals surface area contributed by atoms with Gasteiger partial charge in [-0.3, -0.25) is 19.7 Å². The molecule has 1 aliphatic heterocycles. The van der Waals surface area contributed by atoms with Crippen molar-refractivity contribution in [1.82, 2.24) is 4.90 Å². The molecule has 0 unspecified atom stereocenters. The summed E-state index contributed by atoms with van der Waals surface area (Å²) in [6.45, 7) is -0.298. The summed E-state index contributed by atoms with van der Waals surface area (Å²) < 4.78 is 4.87. The van der Waals surface area contributed by atoms with Crippen LogP contribution in [0.3, 0.4) is 0 Å². The summed E-state index contributed by atoms with van der Waals surface area (Å²) >= 11 is 5.68. The van der Waals surface area contributed by atoms with Crippen molar-refractivity contribution in [2.45, 2.75) is 25.3 Å². The molecule has 0 bridgehead atoms. The molecule has 9 nitrogen and oxygen atoms in total. The first-order chi connectivity index (χ1) is 11.8. The Hall–Kier alpha value is -2.68. The van der Waals surface area contributed by atoms with Gasteiger partial charge in [0.05, 0.1) is 4.92 Å². The van der Waals surface area contributed by atoms with Crippen LogP contribution in [-0.4, -0.2) is 46.8 Å². The Balaban J connectivity index is 2.06. The molecule has 1 atom stereocenters. The number of nitro groups is 1. The van der Waals surface area contributed by atoms with Gasteiger partial charge in [0.15, 0.2) is 6.61 Å². The van der Waals surface area contributed by atoms with E-state index >= 15 is 0 Å². The fourth-order valence-corrected chi connectivity index (χ4v) is 2.81. The first-order valence-electron chi connectivity index (χ1n) is 7.51. The van der Waals surface area contributed by atoms with Crippen LogP contribution in [0.5, 0.6) is 0 Å². The van der Waals surface area contributed by atoms with Crippen molar-refractivity contribution in [2.75, 3.05) is 13.2 Å². The zero-order valence-corrected chi connectivity index (χ0v) is 13.9.